The minimum atomic E-state index is 0.524. The van der Waals surface area contributed by atoms with Gasteiger partial charge in [-0.15, -0.1) is 10.2 Å². The van der Waals surface area contributed by atoms with E-state index < -0.39 is 0 Å². The highest BCUT2D eigenvalue weighted by Gasteiger charge is 2.12. The average molecular weight is 427 g/mol. The van der Waals surface area contributed by atoms with Crippen LogP contribution in [0.4, 0.5) is 0 Å². The molecule has 0 saturated carbocycles. The van der Waals surface area contributed by atoms with E-state index in [0.29, 0.717) is 11.8 Å². The van der Waals surface area contributed by atoms with Crippen molar-refractivity contribution in [3.05, 3.63) is 56.6 Å². The van der Waals surface area contributed by atoms with E-state index in [4.69, 9.17) is 4.42 Å². The molecule has 5 heteroatoms. The monoisotopic (exact) mass is 426 g/mol. The van der Waals surface area contributed by atoms with Crippen molar-refractivity contribution in [3.63, 3.8) is 0 Å². The van der Waals surface area contributed by atoms with Gasteiger partial charge in [0, 0.05) is 13.6 Å². The van der Waals surface area contributed by atoms with Crippen molar-refractivity contribution in [3.8, 4) is 22.9 Å². The number of halogens is 2. The molecule has 19 heavy (non-hydrogen) atoms. The second kappa shape index (κ2) is 5.42. The molecule has 3 rings (SSSR count). The molecule has 1 heterocycles. The zero-order valence-corrected chi connectivity index (χ0v) is 13.4. The van der Waals surface area contributed by atoms with Crippen molar-refractivity contribution in [1.29, 1.82) is 0 Å². The summed E-state index contributed by atoms with van der Waals surface area (Å²) >= 11 is 5.69. The van der Waals surface area contributed by atoms with Crippen LogP contribution in [-0.4, -0.2) is 10.2 Å². The first-order valence-electron chi connectivity index (χ1n) is 5.58. The Bertz CT molecular complexity index is 727. The Morgan fingerprint density at radius 2 is 1.74 bits per heavy atom. The molecule has 0 fully saturated rings. The van der Waals surface area contributed by atoms with Gasteiger partial charge in [-0.25, -0.2) is 0 Å². The van der Waals surface area contributed by atoms with Crippen LogP contribution in [0.1, 0.15) is 0 Å². The summed E-state index contributed by atoms with van der Waals surface area (Å²) in [4.78, 5) is 0. The second-order valence-corrected chi connectivity index (χ2v) is 5.98. The molecular formula is C14H8BrIN2O. The van der Waals surface area contributed by atoms with Crippen LogP contribution in [0.5, 0.6) is 0 Å². The van der Waals surface area contributed by atoms with Gasteiger partial charge in [0.1, 0.15) is 0 Å². The first-order valence-corrected chi connectivity index (χ1v) is 7.45. The zero-order chi connectivity index (χ0) is 13.2. The SMILES string of the molecule is Brc1cccc(-c2nnc(-c3ccccc3I)o2)c1. The van der Waals surface area contributed by atoms with Gasteiger partial charge in [0.25, 0.3) is 0 Å². The topological polar surface area (TPSA) is 38.9 Å². The molecule has 0 bridgehead atoms. The number of benzene rings is 2. The Hall–Kier alpha value is -1.21. The van der Waals surface area contributed by atoms with Crippen LogP contribution in [0.25, 0.3) is 22.9 Å². The fraction of sp³-hybridized carbons (Fsp3) is 0. The van der Waals surface area contributed by atoms with E-state index in [1.165, 1.54) is 0 Å². The molecule has 0 atom stereocenters. The molecule has 1 aromatic heterocycles. The van der Waals surface area contributed by atoms with E-state index in [1.54, 1.807) is 0 Å². The molecule has 0 spiro atoms. The zero-order valence-electron chi connectivity index (χ0n) is 9.68. The predicted molar refractivity (Wildman–Crippen MR) is 85.6 cm³/mol. The third-order valence-corrected chi connectivity index (χ3v) is 4.03. The summed E-state index contributed by atoms with van der Waals surface area (Å²) < 4.78 is 7.82. The van der Waals surface area contributed by atoms with Gasteiger partial charge < -0.3 is 4.42 Å². The summed E-state index contributed by atoms with van der Waals surface area (Å²) in [6, 6.07) is 15.7. The van der Waals surface area contributed by atoms with Crippen molar-refractivity contribution < 1.29 is 4.42 Å². The summed E-state index contributed by atoms with van der Waals surface area (Å²) in [6.45, 7) is 0. The number of hydrogen-bond acceptors (Lipinski definition) is 3. The summed E-state index contributed by atoms with van der Waals surface area (Å²) in [5.74, 6) is 1.07. The largest absolute Gasteiger partial charge is 0.416 e. The molecule has 0 saturated heterocycles. The van der Waals surface area contributed by atoms with Crippen molar-refractivity contribution in [2.75, 3.05) is 0 Å². The number of rotatable bonds is 2. The van der Waals surface area contributed by atoms with Gasteiger partial charge in [-0.2, -0.15) is 0 Å². The molecular weight excluding hydrogens is 419 g/mol. The Morgan fingerprint density at radius 1 is 0.947 bits per heavy atom. The highest BCUT2D eigenvalue weighted by atomic mass is 127. The number of aromatic nitrogens is 2. The van der Waals surface area contributed by atoms with Crippen molar-refractivity contribution in [2.45, 2.75) is 0 Å². The summed E-state index contributed by atoms with van der Waals surface area (Å²) in [5, 5.41) is 8.22. The van der Waals surface area contributed by atoms with Crippen LogP contribution in [0, 0.1) is 3.57 Å². The lowest BCUT2D eigenvalue weighted by Gasteiger charge is -1.98. The maximum atomic E-state index is 5.74. The molecule has 2 aromatic carbocycles. The lowest BCUT2D eigenvalue weighted by molar-refractivity contribution is 0.584. The molecule has 3 nitrogen and oxygen atoms in total. The Kier molecular flexibility index (Phi) is 3.65. The molecule has 0 aliphatic rings. The van der Waals surface area contributed by atoms with E-state index in [-0.39, 0.29) is 0 Å². The van der Waals surface area contributed by atoms with Crippen molar-refractivity contribution in [1.82, 2.24) is 10.2 Å². The Labute approximate surface area is 132 Å². The first-order chi connectivity index (χ1) is 9.24. The van der Waals surface area contributed by atoms with E-state index >= 15 is 0 Å². The van der Waals surface area contributed by atoms with Gasteiger partial charge in [0.15, 0.2) is 0 Å². The minimum Gasteiger partial charge on any atom is -0.416 e. The van der Waals surface area contributed by atoms with Crippen LogP contribution in [-0.2, 0) is 0 Å². The normalized spacial score (nSPS) is 10.6. The van der Waals surface area contributed by atoms with Crippen molar-refractivity contribution in [2.24, 2.45) is 0 Å². The molecule has 3 aromatic rings. The maximum Gasteiger partial charge on any atom is 0.249 e. The van der Waals surface area contributed by atoms with Crippen LogP contribution in [0.2, 0.25) is 0 Å². The molecule has 0 aliphatic heterocycles. The fourth-order valence-corrected chi connectivity index (χ4v) is 2.72. The smallest absolute Gasteiger partial charge is 0.249 e. The van der Waals surface area contributed by atoms with Gasteiger partial charge in [0.05, 0.1) is 5.56 Å². The van der Waals surface area contributed by atoms with E-state index in [0.717, 1.165) is 19.2 Å². The van der Waals surface area contributed by atoms with Gasteiger partial charge in [-0.3, -0.25) is 0 Å². The molecule has 0 unspecified atom stereocenters. The van der Waals surface area contributed by atoms with E-state index in [9.17, 15) is 0 Å². The third kappa shape index (κ3) is 2.71. The number of nitrogens with zero attached hydrogens (tertiary/aromatic N) is 2. The minimum absolute atomic E-state index is 0.524. The lowest BCUT2D eigenvalue weighted by Crippen LogP contribution is -1.81. The van der Waals surface area contributed by atoms with Crippen LogP contribution in [0.3, 0.4) is 0 Å². The average Bonchev–Trinajstić information content (AvgIpc) is 2.89. The van der Waals surface area contributed by atoms with Gasteiger partial charge in [0.2, 0.25) is 11.8 Å². The lowest BCUT2D eigenvalue weighted by atomic mass is 10.2. The second-order valence-electron chi connectivity index (χ2n) is 3.90. The van der Waals surface area contributed by atoms with E-state index in [1.807, 2.05) is 48.5 Å². The maximum absolute atomic E-state index is 5.74. The number of hydrogen-bond donors (Lipinski definition) is 0. The van der Waals surface area contributed by atoms with Gasteiger partial charge in [-0.05, 0) is 52.9 Å². The fourth-order valence-electron chi connectivity index (χ4n) is 1.70. The molecule has 94 valence electrons. The highest BCUT2D eigenvalue weighted by Crippen LogP contribution is 2.28. The van der Waals surface area contributed by atoms with Crippen LogP contribution in [0.15, 0.2) is 57.4 Å². The van der Waals surface area contributed by atoms with Crippen LogP contribution < -0.4 is 0 Å². The predicted octanol–water partition coefficient (Wildman–Crippen LogP) is 4.77. The summed E-state index contributed by atoms with van der Waals surface area (Å²) in [7, 11) is 0. The highest BCUT2D eigenvalue weighted by molar-refractivity contribution is 14.1. The Morgan fingerprint density at radius 3 is 2.53 bits per heavy atom. The van der Waals surface area contributed by atoms with Gasteiger partial charge >= 0.3 is 0 Å². The third-order valence-electron chi connectivity index (χ3n) is 2.60. The van der Waals surface area contributed by atoms with E-state index in [2.05, 4.69) is 48.7 Å². The summed E-state index contributed by atoms with van der Waals surface area (Å²) in [5.41, 5.74) is 1.86. The molecule has 0 radical (unpaired) electrons. The Balaban J connectivity index is 2.03. The standard InChI is InChI=1S/C14H8BrIN2O/c15-10-5-3-4-9(8-10)13-17-18-14(19-13)11-6-1-2-7-12(11)16/h1-8H. The first kappa shape index (κ1) is 12.8. The quantitative estimate of drug-likeness (QED) is 0.554. The van der Waals surface area contributed by atoms with Crippen molar-refractivity contribution >= 4 is 38.5 Å². The van der Waals surface area contributed by atoms with Gasteiger partial charge in [-0.1, -0.05) is 34.1 Å². The summed E-state index contributed by atoms with van der Waals surface area (Å²) in [6.07, 6.45) is 0. The molecule has 0 N–H and O–H groups in total. The molecule has 0 amide bonds. The van der Waals surface area contributed by atoms with Crippen LogP contribution >= 0.6 is 38.5 Å². The molecule has 0 aliphatic carbocycles.